The smallest absolute Gasteiger partial charge is 0.339 e. The molecule has 0 bridgehead atoms. The number of nitrogens with zero attached hydrogens (tertiary/aromatic N) is 1. The van der Waals surface area contributed by atoms with Gasteiger partial charge in [-0.2, -0.15) is 0 Å². The number of aryl methyl sites for hydroxylation is 1. The molecule has 0 amide bonds. The van der Waals surface area contributed by atoms with E-state index < -0.39 is 20.4 Å². The Labute approximate surface area is 159 Å². The normalized spacial score (nSPS) is 13.5. The van der Waals surface area contributed by atoms with E-state index in [0.29, 0.717) is 17.6 Å². The molecule has 8 nitrogen and oxygen atoms in total. The van der Waals surface area contributed by atoms with Crippen molar-refractivity contribution in [1.29, 1.82) is 0 Å². The minimum atomic E-state index is -3.60. The Balaban J connectivity index is 1.77. The van der Waals surface area contributed by atoms with Crippen LogP contribution >= 0.6 is 0 Å². The minimum Gasteiger partial charge on any atom is -0.450 e. The van der Waals surface area contributed by atoms with Gasteiger partial charge in [-0.25, -0.2) is 13.2 Å². The summed E-state index contributed by atoms with van der Waals surface area (Å²) in [5, 5.41) is 12.2. The first kappa shape index (κ1) is 18.2. The summed E-state index contributed by atoms with van der Waals surface area (Å²) in [6, 6.07) is 8.33. The Morgan fingerprint density at radius 2 is 1.86 bits per heavy atom. The van der Waals surface area contributed by atoms with Crippen LogP contribution in [0.25, 0.3) is 11.0 Å². The Morgan fingerprint density at radius 1 is 1.11 bits per heavy atom. The summed E-state index contributed by atoms with van der Waals surface area (Å²) in [5.74, 6) is 0.129. The van der Waals surface area contributed by atoms with Crippen molar-refractivity contribution < 1.29 is 22.5 Å². The number of hydrogen-bond acceptors (Lipinski definition) is 7. The molecular weight excluding hydrogens is 386 g/mol. The number of hydrogen-bond donors (Lipinski definition) is 0. The lowest BCUT2D eigenvalue weighted by Crippen LogP contribution is -2.06. The van der Waals surface area contributed by atoms with Crippen LogP contribution in [-0.2, 0) is 22.7 Å². The lowest BCUT2D eigenvalue weighted by molar-refractivity contribution is -0.385. The molecule has 0 spiro atoms. The number of sulfone groups is 1. The molecule has 1 aliphatic rings. The van der Waals surface area contributed by atoms with Crippen LogP contribution < -0.4 is 10.4 Å². The average Bonchev–Trinajstić information content (AvgIpc) is 3.11. The molecular formula is C19H15NO7S. The maximum absolute atomic E-state index is 12.1. The SMILES string of the molecule is CS(=O)(=O)c1ccc(Oc2ccc3c4c(c(=O)oc3c2)CCC4)c([N+](=O)[O-])c1. The maximum Gasteiger partial charge on any atom is 0.339 e. The van der Waals surface area contributed by atoms with Gasteiger partial charge in [-0.15, -0.1) is 0 Å². The number of nitro benzene ring substituents is 1. The van der Waals surface area contributed by atoms with Crippen LogP contribution in [0.5, 0.6) is 11.5 Å². The van der Waals surface area contributed by atoms with Crippen LogP contribution in [0.3, 0.4) is 0 Å². The van der Waals surface area contributed by atoms with Gasteiger partial charge in [0.05, 0.1) is 9.82 Å². The molecule has 3 aromatic rings. The van der Waals surface area contributed by atoms with Crippen molar-refractivity contribution in [3.63, 3.8) is 0 Å². The maximum atomic E-state index is 12.1. The van der Waals surface area contributed by atoms with E-state index in [1.54, 1.807) is 12.1 Å². The van der Waals surface area contributed by atoms with Crippen LogP contribution in [0.15, 0.2) is 50.5 Å². The molecule has 0 N–H and O–H groups in total. The largest absolute Gasteiger partial charge is 0.450 e. The quantitative estimate of drug-likeness (QED) is 0.374. The van der Waals surface area contributed by atoms with Crippen molar-refractivity contribution in [2.45, 2.75) is 24.2 Å². The van der Waals surface area contributed by atoms with Gasteiger partial charge in [-0.05, 0) is 49.1 Å². The van der Waals surface area contributed by atoms with Gasteiger partial charge in [0, 0.05) is 29.3 Å². The zero-order valence-electron chi connectivity index (χ0n) is 14.8. The van der Waals surface area contributed by atoms with E-state index in [-0.39, 0.29) is 22.0 Å². The van der Waals surface area contributed by atoms with E-state index in [2.05, 4.69) is 0 Å². The van der Waals surface area contributed by atoms with Gasteiger partial charge in [0.2, 0.25) is 5.75 Å². The fourth-order valence-electron chi connectivity index (χ4n) is 3.41. The third-order valence-corrected chi connectivity index (χ3v) is 5.84. The molecule has 0 aliphatic heterocycles. The third kappa shape index (κ3) is 3.13. The predicted octanol–water partition coefficient (Wildman–Crippen LogP) is 3.39. The molecule has 0 saturated heterocycles. The monoisotopic (exact) mass is 401 g/mol. The van der Waals surface area contributed by atoms with E-state index in [9.17, 15) is 23.3 Å². The Kier molecular flexibility index (Phi) is 4.19. The number of nitro groups is 1. The van der Waals surface area contributed by atoms with E-state index in [4.69, 9.17) is 9.15 Å². The van der Waals surface area contributed by atoms with Gasteiger partial charge < -0.3 is 9.15 Å². The van der Waals surface area contributed by atoms with Gasteiger partial charge in [-0.3, -0.25) is 10.1 Å². The summed E-state index contributed by atoms with van der Waals surface area (Å²) in [6.07, 6.45) is 3.37. The number of ether oxygens (including phenoxy) is 1. The summed E-state index contributed by atoms with van der Waals surface area (Å²) >= 11 is 0. The average molecular weight is 401 g/mol. The van der Waals surface area contributed by atoms with Crippen molar-refractivity contribution >= 4 is 26.5 Å². The van der Waals surface area contributed by atoms with Crippen molar-refractivity contribution in [3.8, 4) is 11.5 Å². The molecule has 1 heterocycles. The lowest BCUT2D eigenvalue weighted by atomic mass is 10.1. The topological polar surface area (TPSA) is 117 Å². The molecule has 1 aromatic heterocycles. The predicted molar refractivity (Wildman–Crippen MR) is 101 cm³/mol. The first-order valence-electron chi connectivity index (χ1n) is 8.49. The molecule has 9 heteroatoms. The first-order valence-corrected chi connectivity index (χ1v) is 10.4. The number of rotatable bonds is 4. The van der Waals surface area contributed by atoms with E-state index in [1.165, 1.54) is 18.2 Å². The lowest BCUT2D eigenvalue weighted by Gasteiger charge is -2.09. The fourth-order valence-corrected chi connectivity index (χ4v) is 4.05. The van der Waals surface area contributed by atoms with Gasteiger partial charge in [-0.1, -0.05) is 0 Å². The molecule has 2 aromatic carbocycles. The molecule has 0 radical (unpaired) electrons. The van der Waals surface area contributed by atoms with E-state index >= 15 is 0 Å². The van der Waals surface area contributed by atoms with Crippen molar-refractivity contribution in [3.05, 3.63) is 68.1 Å². The fraction of sp³-hybridized carbons (Fsp3) is 0.211. The second kappa shape index (κ2) is 6.45. The summed E-state index contributed by atoms with van der Waals surface area (Å²) in [6.45, 7) is 0. The molecule has 0 unspecified atom stereocenters. The second-order valence-corrected chi connectivity index (χ2v) is 8.63. The highest BCUT2D eigenvalue weighted by Gasteiger charge is 2.22. The van der Waals surface area contributed by atoms with Gasteiger partial charge in [0.25, 0.3) is 0 Å². The molecule has 1 aliphatic carbocycles. The molecule has 0 saturated carbocycles. The highest BCUT2D eigenvalue weighted by Crippen LogP contribution is 2.35. The van der Waals surface area contributed by atoms with Gasteiger partial charge in [0.1, 0.15) is 11.3 Å². The van der Waals surface area contributed by atoms with Crippen LogP contribution in [0.4, 0.5) is 5.69 Å². The van der Waals surface area contributed by atoms with E-state index in [1.807, 2.05) is 0 Å². The Hall–Kier alpha value is -3.20. The molecule has 4 rings (SSSR count). The van der Waals surface area contributed by atoms with Crippen molar-refractivity contribution in [1.82, 2.24) is 0 Å². The summed E-state index contributed by atoms with van der Waals surface area (Å²) in [7, 11) is -3.60. The summed E-state index contributed by atoms with van der Waals surface area (Å²) in [5.41, 5.74) is 1.17. The Bertz CT molecular complexity index is 1290. The molecule has 144 valence electrons. The highest BCUT2D eigenvalue weighted by atomic mass is 32.2. The molecule has 0 fully saturated rings. The first-order chi connectivity index (χ1) is 13.2. The van der Waals surface area contributed by atoms with Crippen LogP contribution in [0.1, 0.15) is 17.5 Å². The second-order valence-electron chi connectivity index (χ2n) is 6.62. The van der Waals surface area contributed by atoms with Crippen molar-refractivity contribution in [2.24, 2.45) is 0 Å². The minimum absolute atomic E-state index is 0.111. The van der Waals surface area contributed by atoms with Crippen LogP contribution in [-0.4, -0.2) is 19.6 Å². The third-order valence-electron chi connectivity index (χ3n) is 4.73. The van der Waals surface area contributed by atoms with Crippen LogP contribution in [0, 0.1) is 10.1 Å². The van der Waals surface area contributed by atoms with Crippen LogP contribution in [0.2, 0.25) is 0 Å². The van der Waals surface area contributed by atoms with Crippen molar-refractivity contribution in [2.75, 3.05) is 6.26 Å². The van der Waals surface area contributed by atoms with E-state index in [0.717, 1.165) is 36.1 Å². The highest BCUT2D eigenvalue weighted by molar-refractivity contribution is 7.90. The number of benzene rings is 2. The standard InChI is InChI=1S/C19H15NO7S/c1-28(24,25)12-6-8-17(16(10-12)20(22)23)26-11-5-7-14-13-3-2-4-15(13)19(21)27-18(14)9-11/h5-10H,2-4H2,1H3. The van der Waals surface area contributed by atoms with Gasteiger partial charge >= 0.3 is 11.3 Å². The summed E-state index contributed by atoms with van der Waals surface area (Å²) < 4.78 is 34.3. The summed E-state index contributed by atoms with van der Waals surface area (Å²) in [4.78, 5) is 22.6. The Morgan fingerprint density at radius 3 is 2.57 bits per heavy atom. The van der Waals surface area contributed by atoms with Gasteiger partial charge in [0.15, 0.2) is 9.84 Å². The molecule has 28 heavy (non-hydrogen) atoms. The molecule has 0 atom stereocenters. The zero-order chi connectivity index (χ0) is 20.1. The zero-order valence-corrected chi connectivity index (χ0v) is 15.6. The number of fused-ring (bicyclic) bond motifs is 3.